The van der Waals surface area contributed by atoms with Crippen LogP contribution in [0, 0.1) is 0 Å². The normalized spacial score (nSPS) is 12.1. The second-order valence-corrected chi connectivity index (χ2v) is 5.59. The van der Waals surface area contributed by atoms with E-state index in [1.807, 2.05) is 6.07 Å². The van der Waals surface area contributed by atoms with Crippen molar-refractivity contribution < 1.29 is 9.53 Å². The van der Waals surface area contributed by atoms with Gasteiger partial charge in [0.1, 0.15) is 11.9 Å². The van der Waals surface area contributed by atoms with Crippen LogP contribution in [0.3, 0.4) is 0 Å². The second-order valence-electron chi connectivity index (χ2n) is 3.84. The molecule has 0 aliphatic carbocycles. The van der Waals surface area contributed by atoms with E-state index in [1.165, 1.54) is 11.3 Å². The van der Waals surface area contributed by atoms with Gasteiger partial charge < -0.3 is 16.2 Å². The lowest BCUT2D eigenvalue weighted by molar-refractivity contribution is 0.0993. The van der Waals surface area contributed by atoms with Gasteiger partial charge in [-0.3, -0.25) is 4.79 Å². The molecule has 1 aromatic heterocycles. The molecule has 0 aliphatic heterocycles. The minimum absolute atomic E-state index is 0.282. The fourth-order valence-corrected chi connectivity index (χ4v) is 2.75. The van der Waals surface area contributed by atoms with E-state index in [0.717, 1.165) is 4.88 Å². The zero-order chi connectivity index (χ0) is 13.8. The van der Waals surface area contributed by atoms with Gasteiger partial charge in [0.2, 0.25) is 0 Å². The predicted molar refractivity (Wildman–Crippen MR) is 76.7 cm³/mol. The Hall–Kier alpha value is -1.56. The van der Waals surface area contributed by atoms with Gasteiger partial charge in [-0.1, -0.05) is 23.7 Å². The zero-order valence-electron chi connectivity index (χ0n) is 10.0. The van der Waals surface area contributed by atoms with Crippen LogP contribution in [0.1, 0.15) is 21.3 Å². The number of hydrogen-bond donors (Lipinski definition) is 2. The number of primary amides is 1. The molecule has 0 saturated carbocycles. The highest BCUT2D eigenvalue weighted by molar-refractivity contribution is 7.16. The van der Waals surface area contributed by atoms with Gasteiger partial charge >= 0.3 is 0 Å². The second kappa shape index (κ2) is 6.06. The van der Waals surface area contributed by atoms with Crippen LogP contribution in [-0.4, -0.2) is 12.5 Å². The number of hydrogen-bond acceptors (Lipinski definition) is 4. The topological polar surface area (TPSA) is 78.3 Å². The van der Waals surface area contributed by atoms with Gasteiger partial charge in [-0.2, -0.15) is 0 Å². The maximum Gasteiger partial charge on any atom is 0.252 e. The van der Waals surface area contributed by atoms with Gasteiger partial charge in [-0.05, 0) is 24.3 Å². The van der Waals surface area contributed by atoms with Gasteiger partial charge in [-0.15, -0.1) is 11.3 Å². The van der Waals surface area contributed by atoms with Crippen molar-refractivity contribution in [1.82, 2.24) is 0 Å². The van der Waals surface area contributed by atoms with Crippen LogP contribution in [0.5, 0.6) is 5.75 Å². The fourth-order valence-electron chi connectivity index (χ4n) is 1.65. The first kappa shape index (κ1) is 13.9. The van der Waals surface area contributed by atoms with Crippen LogP contribution in [-0.2, 0) is 0 Å². The summed E-state index contributed by atoms with van der Waals surface area (Å²) in [6.45, 7) is 0.282. The first-order valence-corrected chi connectivity index (χ1v) is 6.82. The third-order valence-corrected chi connectivity index (χ3v) is 3.87. The van der Waals surface area contributed by atoms with E-state index >= 15 is 0 Å². The number of amides is 1. The Kier molecular flexibility index (Phi) is 4.42. The molecule has 1 unspecified atom stereocenters. The summed E-state index contributed by atoms with van der Waals surface area (Å²) in [7, 11) is 0. The zero-order valence-corrected chi connectivity index (χ0v) is 11.6. The number of rotatable bonds is 5. The first-order chi connectivity index (χ1) is 9.11. The summed E-state index contributed by atoms with van der Waals surface area (Å²) >= 11 is 7.29. The van der Waals surface area contributed by atoms with Gasteiger partial charge in [0.15, 0.2) is 0 Å². The lowest BCUT2D eigenvalue weighted by atomic mass is 10.2. The predicted octanol–water partition coefficient (Wildman–Crippen LogP) is 2.58. The third kappa shape index (κ3) is 3.26. The van der Waals surface area contributed by atoms with E-state index in [2.05, 4.69) is 0 Å². The average Bonchev–Trinajstić information content (AvgIpc) is 2.82. The van der Waals surface area contributed by atoms with E-state index in [4.69, 9.17) is 27.8 Å². The third-order valence-electron chi connectivity index (χ3n) is 2.55. The molecule has 0 fully saturated rings. The van der Waals surface area contributed by atoms with Crippen molar-refractivity contribution >= 4 is 28.8 Å². The molecule has 1 atom stereocenters. The fraction of sp³-hybridized carbons (Fsp3) is 0.154. The number of carbonyl (C=O) groups is 1. The van der Waals surface area contributed by atoms with Crippen molar-refractivity contribution in [2.75, 3.05) is 6.54 Å². The van der Waals surface area contributed by atoms with E-state index in [9.17, 15) is 4.79 Å². The van der Waals surface area contributed by atoms with Gasteiger partial charge in [0.25, 0.3) is 5.91 Å². The van der Waals surface area contributed by atoms with Crippen molar-refractivity contribution in [3.05, 3.63) is 51.2 Å². The molecular weight excluding hydrogens is 284 g/mol. The molecule has 100 valence electrons. The first-order valence-electron chi connectivity index (χ1n) is 5.62. The highest BCUT2D eigenvalue weighted by Gasteiger charge is 2.17. The van der Waals surface area contributed by atoms with Crippen LogP contribution in [0.25, 0.3) is 0 Å². The van der Waals surface area contributed by atoms with Crippen molar-refractivity contribution in [3.8, 4) is 5.75 Å². The molecule has 2 rings (SSSR count). The van der Waals surface area contributed by atoms with Crippen molar-refractivity contribution in [1.29, 1.82) is 0 Å². The molecule has 0 aliphatic rings. The van der Waals surface area contributed by atoms with Crippen molar-refractivity contribution in [2.45, 2.75) is 6.10 Å². The summed E-state index contributed by atoms with van der Waals surface area (Å²) in [5, 5.41) is 0. The number of ether oxygens (including phenoxy) is 1. The Balaban J connectivity index is 2.26. The maximum absolute atomic E-state index is 11.3. The molecule has 6 heteroatoms. The van der Waals surface area contributed by atoms with E-state index in [-0.39, 0.29) is 12.6 Å². The number of carbonyl (C=O) groups excluding carboxylic acids is 1. The summed E-state index contributed by atoms with van der Waals surface area (Å²) < 4.78 is 6.45. The number of thiophene rings is 1. The minimum Gasteiger partial charge on any atom is -0.483 e. The summed E-state index contributed by atoms with van der Waals surface area (Å²) in [5.74, 6) is -0.106. The summed E-state index contributed by atoms with van der Waals surface area (Å²) in [5.41, 5.74) is 11.4. The lowest BCUT2D eigenvalue weighted by Crippen LogP contribution is -2.20. The molecule has 1 amide bonds. The monoisotopic (exact) mass is 296 g/mol. The Labute approximate surface area is 119 Å². The summed E-state index contributed by atoms with van der Waals surface area (Å²) in [4.78, 5) is 12.2. The molecule has 1 heterocycles. The molecule has 4 N–H and O–H groups in total. The molecule has 0 bridgehead atoms. The number of halogens is 1. The van der Waals surface area contributed by atoms with Crippen LogP contribution in [0.15, 0.2) is 36.4 Å². The Morgan fingerprint density at radius 3 is 2.63 bits per heavy atom. The Morgan fingerprint density at radius 1 is 1.32 bits per heavy atom. The maximum atomic E-state index is 11.3. The van der Waals surface area contributed by atoms with E-state index in [1.54, 1.807) is 30.3 Å². The standard InChI is InChI=1S/C13H13ClN2O2S/c14-12-6-5-11(19-12)10(7-15)18-9-4-2-1-3-8(9)13(16)17/h1-6,10H,7,15H2,(H2,16,17). The molecule has 0 radical (unpaired) electrons. The quantitative estimate of drug-likeness (QED) is 0.890. The molecular formula is C13H13ClN2O2S. The summed E-state index contributed by atoms with van der Waals surface area (Å²) in [6.07, 6.45) is -0.349. The smallest absolute Gasteiger partial charge is 0.252 e. The molecule has 1 aromatic carbocycles. The highest BCUT2D eigenvalue weighted by atomic mass is 35.5. The van der Waals surface area contributed by atoms with Crippen LogP contribution in [0.2, 0.25) is 4.34 Å². The Morgan fingerprint density at radius 2 is 2.05 bits per heavy atom. The molecule has 2 aromatic rings. The van der Waals surface area contributed by atoms with E-state index < -0.39 is 5.91 Å². The van der Waals surface area contributed by atoms with Gasteiger partial charge in [-0.25, -0.2) is 0 Å². The highest BCUT2D eigenvalue weighted by Crippen LogP contribution is 2.30. The van der Waals surface area contributed by atoms with Crippen LogP contribution in [0.4, 0.5) is 0 Å². The Bertz CT molecular complexity index is 586. The van der Waals surface area contributed by atoms with Crippen LogP contribution < -0.4 is 16.2 Å². The number of para-hydroxylation sites is 1. The van der Waals surface area contributed by atoms with E-state index in [0.29, 0.717) is 15.6 Å². The lowest BCUT2D eigenvalue weighted by Gasteiger charge is -2.17. The molecule has 0 saturated heterocycles. The summed E-state index contributed by atoms with van der Waals surface area (Å²) in [6, 6.07) is 10.5. The SMILES string of the molecule is NCC(Oc1ccccc1C(N)=O)c1ccc(Cl)s1. The van der Waals surface area contributed by atoms with Crippen LogP contribution >= 0.6 is 22.9 Å². The molecule has 4 nitrogen and oxygen atoms in total. The average molecular weight is 297 g/mol. The number of benzene rings is 1. The van der Waals surface area contributed by atoms with Crippen molar-refractivity contribution in [3.63, 3.8) is 0 Å². The molecule has 19 heavy (non-hydrogen) atoms. The largest absolute Gasteiger partial charge is 0.483 e. The number of nitrogens with two attached hydrogens (primary N) is 2. The van der Waals surface area contributed by atoms with Crippen molar-refractivity contribution in [2.24, 2.45) is 11.5 Å². The minimum atomic E-state index is -0.532. The van der Waals surface area contributed by atoms with Gasteiger partial charge in [0, 0.05) is 11.4 Å². The van der Waals surface area contributed by atoms with Gasteiger partial charge in [0.05, 0.1) is 9.90 Å². The molecule has 0 spiro atoms.